The predicted molar refractivity (Wildman–Crippen MR) is 66.7 cm³/mol. The minimum atomic E-state index is -0.535. The molecule has 5 nitrogen and oxygen atoms in total. The van der Waals surface area contributed by atoms with Crippen LogP contribution >= 0.6 is 0 Å². The monoisotopic (exact) mass is 233 g/mol. The van der Waals surface area contributed by atoms with Gasteiger partial charge in [-0.15, -0.1) is 0 Å². The van der Waals surface area contributed by atoms with Gasteiger partial charge in [0.25, 0.3) is 5.91 Å². The Balaban J connectivity index is 3.11. The summed E-state index contributed by atoms with van der Waals surface area (Å²) in [6.45, 7) is 7.41. The van der Waals surface area contributed by atoms with Crippen molar-refractivity contribution in [1.29, 1.82) is 0 Å². The first-order chi connectivity index (χ1) is 7.82. The van der Waals surface area contributed by atoms with Gasteiger partial charge < -0.3 is 4.81 Å². The van der Waals surface area contributed by atoms with Crippen LogP contribution in [0.1, 0.15) is 27.7 Å². The smallest absolute Gasteiger partial charge is 0.319 e. The van der Waals surface area contributed by atoms with Crippen molar-refractivity contribution in [2.75, 3.05) is 6.54 Å². The van der Waals surface area contributed by atoms with E-state index in [0.29, 0.717) is 5.84 Å². The van der Waals surface area contributed by atoms with Gasteiger partial charge in [-0.25, -0.2) is 9.69 Å². The van der Waals surface area contributed by atoms with Crippen molar-refractivity contribution in [1.82, 2.24) is 9.71 Å². The van der Waals surface area contributed by atoms with E-state index in [2.05, 4.69) is 4.99 Å². The molecule has 0 saturated carbocycles. The van der Waals surface area contributed by atoms with Gasteiger partial charge in [0.2, 0.25) is 7.98 Å². The normalized spacial score (nSPS) is 17.1. The van der Waals surface area contributed by atoms with Crippen LogP contribution in [0.25, 0.3) is 0 Å². The van der Waals surface area contributed by atoms with Gasteiger partial charge in [0.05, 0.1) is 6.54 Å². The second kappa shape index (κ2) is 5.16. The fraction of sp³-hybridized carbons (Fsp3) is 0.545. The number of amides is 3. The fourth-order valence-electron chi connectivity index (χ4n) is 1.43. The lowest BCUT2D eigenvalue weighted by Crippen LogP contribution is -2.37. The highest BCUT2D eigenvalue weighted by Crippen LogP contribution is 2.11. The summed E-state index contributed by atoms with van der Waals surface area (Å²) in [6, 6.07) is -0.542. The van der Waals surface area contributed by atoms with E-state index in [0.717, 1.165) is 15.3 Å². The van der Waals surface area contributed by atoms with E-state index >= 15 is 0 Å². The molecule has 0 N–H and O–H groups in total. The van der Waals surface area contributed by atoms with E-state index in [1.54, 1.807) is 6.08 Å². The number of nitrogens with zero attached hydrogens (tertiary/aromatic N) is 3. The number of amidine groups is 1. The molecule has 0 aromatic heterocycles. The minimum Gasteiger partial charge on any atom is -0.370 e. The van der Waals surface area contributed by atoms with Crippen LogP contribution in [0.3, 0.4) is 0 Å². The standard InChI is InChI=1S/C11H16BN3O2/c1-7(2)5-9(13-8(3)4)15-10(16)6-14(12)11(15)17/h5,8H,6H2,1-4H3. The van der Waals surface area contributed by atoms with Crippen LogP contribution in [0.15, 0.2) is 16.6 Å². The van der Waals surface area contributed by atoms with Crippen LogP contribution in [0.5, 0.6) is 0 Å². The molecule has 1 rings (SSSR count). The Hall–Kier alpha value is -1.59. The zero-order valence-electron chi connectivity index (χ0n) is 10.6. The Kier molecular flexibility index (Phi) is 4.09. The second-order valence-corrected chi connectivity index (χ2v) is 4.44. The van der Waals surface area contributed by atoms with Crippen LogP contribution in [-0.4, -0.2) is 48.1 Å². The van der Waals surface area contributed by atoms with Crippen LogP contribution in [-0.2, 0) is 4.79 Å². The van der Waals surface area contributed by atoms with Gasteiger partial charge in [0.1, 0.15) is 5.84 Å². The van der Waals surface area contributed by atoms with Crippen LogP contribution in [0.2, 0.25) is 0 Å². The summed E-state index contributed by atoms with van der Waals surface area (Å²) in [7, 11) is 5.40. The van der Waals surface area contributed by atoms with E-state index < -0.39 is 6.03 Å². The molecule has 1 aliphatic rings. The van der Waals surface area contributed by atoms with Gasteiger partial charge in [0, 0.05) is 6.04 Å². The maximum absolute atomic E-state index is 11.7. The van der Waals surface area contributed by atoms with Gasteiger partial charge in [-0.3, -0.25) is 9.79 Å². The molecule has 90 valence electrons. The molecule has 1 heterocycles. The van der Waals surface area contributed by atoms with Gasteiger partial charge in [-0.1, -0.05) is 5.57 Å². The fourth-order valence-corrected chi connectivity index (χ4v) is 1.43. The number of hydrogen-bond acceptors (Lipinski definition) is 3. The van der Waals surface area contributed by atoms with E-state index in [1.165, 1.54) is 0 Å². The lowest BCUT2D eigenvalue weighted by atomic mass is 10.3. The molecule has 0 spiro atoms. The van der Waals surface area contributed by atoms with E-state index in [4.69, 9.17) is 7.98 Å². The number of carbonyl (C=O) groups excluding carboxylic acids is 2. The summed E-state index contributed by atoms with van der Waals surface area (Å²) < 4.78 is 0. The summed E-state index contributed by atoms with van der Waals surface area (Å²) in [5.41, 5.74) is 0.959. The first kappa shape index (κ1) is 13.5. The highest BCUT2D eigenvalue weighted by Gasteiger charge is 2.35. The SMILES string of the molecule is [B]N1CC(=O)N(C(C=C(C)C)=NC(C)C)C1=O. The van der Waals surface area contributed by atoms with Gasteiger partial charge in [-0.2, -0.15) is 0 Å². The molecule has 2 radical (unpaired) electrons. The number of hydrogen-bond donors (Lipinski definition) is 0. The molecule has 0 aromatic rings. The summed E-state index contributed by atoms with van der Waals surface area (Å²) >= 11 is 0. The Labute approximate surface area is 103 Å². The molecule has 0 bridgehead atoms. The first-order valence-electron chi connectivity index (χ1n) is 5.44. The van der Waals surface area contributed by atoms with Gasteiger partial charge in [-0.05, 0) is 33.8 Å². The van der Waals surface area contributed by atoms with Crippen molar-refractivity contribution in [3.8, 4) is 0 Å². The first-order valence-corrected chi connectivity index (χ1v) is 5.44. The summed E-state index contributed by atoms with van der Waals surface area (Å²) in [5, 5.41) is 0. The quantitative estimate of drug-likeness (QED) is 0.310. The maximum Gasteiger partial charge on any atom is 0.319 e. The third-order valence-electron chi connectivity index (χ3n) is 2.03. The highest BCUT2D eigenvalue weighted by molar-refractivity contribution is 6.27. The minimum absolute atomic E-state index is 0.00646. The van der Waals surface area contributed by atoms with Crippen LogP contribution in [0, 0.1) is 0 Å². The molecular formula is C11H16BN3O2. The predicted octanol–water partition coefficient (Wildman–Crippen LogP) is 1.11. The number of rotatable bonds is 2. The zero-order chi connectivity index (χ0) is 13.2. The lowest BCUT2D eigenvalue weighted by molar-refractivity contribution is -0.122. The lowest BCUT2D eigenvalue weighted by Gasteiger charge is -2.16. The average Bonchev–Trinajstić information content (AvgIpc) is 2.38. The number of allylic oxidation sites excluding steroid dienone is 1. The molecule has 0 unspecified atom stereocenters. The number of imide groups is 1. The molecule has 3 amide bonds. The summed E-state index contributed by atoms with van der Waals surface area (Å²) in [4.78, 5) is 29.6. The zero-order valence-corrected chi connectivity index (χ0v) is 10.6. The van der Waals surface area contributed by atoms with Gasteiger partial charge >= 0.3 is 6.03 Å². The Morgan fingerprint density at radius 2 is 2.00 bits per heavy atom. The van der Waals surface area contributed by atoms with E-state index in [9.17, 15) is 9.59 Å². The molecule has 0 aromatic carbocycles. The van der Waals surface area contributed by atoms with Crippen molar-refractivity contribution in [2.24, 2.45) is 4.99 Å². The number of aliphatic imine (C=N–C) groups is 1. The molecule has 6 heteroatoms. The second-order valence-electron chi connectivity index (χ2n) is 4.44. The molecule has 0 atom stereocenters. The maximum atomic E-state index is 11.7. The third kappa shape index (κ3) is 3.18. The number of urea groups is 1. The third-order valence-corrected chi connectivity index (χ3v) is 2.03. The molecule has 1 saturated heterocycles. The molecule has 1 fully saturated rings. The van der Waals surface area contributed by atoms with E-state index in [-0.39, 0.29) is 18.5 Å². The molecular weight excluding hydrogens is 217 g/mol. The van der Waals surface area contributed by atoms with Crippen molar-refractivity contribution >= 4 is 25.8 Å². The van der Waals surface area contributed by atoms with Crippen molar-refractivity contribution < 1.29 is 9.59 Å². The molecule has 0 aliphatic carbocycles. The largest absolute Gasteiger partial charge is 0.370 e. The summed E-state index contributed by atoms with van der Waals surface area (Å²) in [6.07, 6.45) is 1.70. The Morgan fingerprint density at radius 3 is 2.35 bits per heavy atom. The van der Waals surface area contributed by atoms with Crippen molar-refractivity contribution in [3.63, 3.8) is 0 Å². The van der Waals surface area contributed by atoms with Crippen LogP contribution in [0.4, 0.5) is 4.79 Å². The Bertz CT molecular complexity index is 398. The molecule has 1 aliphatic heterocycles. The average molecular weight is 233 g/mol. The van der Waals surface area contributed by atoms with Gasteiger partial charge in [0.15, 0.2) is 0 Å². The summed E-state index contributed by atoms with van der Waals surface area (Å²) in [5.74, 6) is -0.00245. The number of carbonyl (C=O) groups is 2. The van der Waals surface area contributed by atoms with Crippen molar-refractivity contribution in [2.45, 2.75) is 33.7 Å². The Morgan fingerprint density at radius 1 is 1.41 bits per heavy atom. The highest BCUT2D eigenvalue weighted by atomic mass is 16.2. The molecule has 17 heavy (non-hydrogen) atoms. The topological polar surface area (TPSA) is 53.0 Å². The van der Waals surface area contributed by atoms with Crippen LogP contribution < -0.4 is 0 Å². The van der Waals surface area contributed by atoms with E-state index in [1.807, 2.05) is 27.7 Å². The van der Waals surface area contributed by atoms with Crippen molar-refractivity contribution in [3.05, 3.63) is 11.6 Å².